The van der Waals surface area contributed by atoms with Crippen LogP contribution in [0.3, 0.4) is 0 Å². The minimum Gasteiger partial charge on any atom is -0.368 e. The van der Waals surface area contributed by atoms with Gasteiger partial charge in [-0.1, -0.05) is 0 Å². The van der Waals surface area contributed by atoms with Crippen LogP contribution in [0.25, 0.3) is 17.3 Å². The summed E-state index contributed by atoms with van der Waals surface area (Å²) in [7, 11) is 0. The second-order valence-electron chi connectivity index (χ2n) is 3.96. The van der Waals surface area contributed by atoms with Crippen molar-refractivity contribution in [3.05, 3.63) is 42.5 Å². The van der Waals surface area contributed by atoms with Gasteiger partial charge in [-0.15, -0.1) is 0 Å². The van der Waals surface area contributed by atoms with Gasteiger partial charge in [0.2, 0.25) is 5.95 Å². The fourth-order valence-electron chi connectivity index (χ4n) is 1.71. The number of aryl methyl sites for hydroxylation is 1. The zero-order valence-corrected chi connectivity index (χ0v) is 10.2. The number of aromatic nitrogens is 6. The molecule has 0 aromatic carbocycles. The lowest BCUT2D eigenvalue weighted by molar-refractivity contribution is 0.801. The second kappa shape index (κ2) is 4.45. The molecule has 0 radical (unpaired) electrons. The Labute approximate surface area is 109 Å². The minimum atomic E-state index is 0.159. The summed E-state index contributed by atoms with van der Waals surface area (Å²) in [5.74, 6) is 1.06. The summed E-state index contributed by atoms with van der Waals surface area (Å²) < 4.78 is 1.54. The molecule has 3 rings (SSSR count). The van der Waals surface area contributed by atoms with Gasteiger partial charge >= 0.3 is 0 Å². The lowest BCUT2D eigenvalue weighted by atomic mass is 10.1. The molecule has 0 aliphatic rings. The van der Waals surface area contributed by atoms with E-state index in [2.05, 4.69) is 25.0 Å². The van der Waals surface area contributed by atoms with E-state index in [1.165, 1.54) is 4.68 Å². The molecule has 0 atom stereocenters. The number of anilines is 1. The molecule has 0 saturated carbocycles. The first kappa shape index (κ1) is 11.3. The highest BCUT2D eigenvalue weighted by atomic mass is 15.4. The molecule has 0 unspecified atom stereocenters. The van der Waals surface area contributed by atoms with E-state index in [4.69, 9.17) is 5.73 Å². The van der Waals surface area contributed by atoms with Crippen LogP contribution in [0.2, 0.25) is 0 Å². The summed E-state index contributed by atoms with van der Waals surface area (Å²) >= 11 is 0. The lowest BCUT2D eigenvalue weighted by Crippen LogP contribution is -2.08. The van der Waals surface area contributed by atoms with Crippen molar-refractivity contribution in [3.8, 4) is 17.3 Å². The van der Waals surface area contributed by atoms with Gasteiger partial charge in [0.15, 0.2) is 5.82 Å². The van der Waals surface area contributed by atoms with E-state index < -0.39 is 0 Å². The van der Waals surface area contributed by atoms with Crippen LogP contribution in [0.1, 0.15) is 5.56 Å². The average molecular weight is 253 g/mol. The molecule has 94 valence electrons. The topological polar surface area (TPSA) is 95.4 Å². The van der Waals surface area contributed by atoms with E-state index in [9.17, 15) is 0 Å². The fraction of sp³-hybridized carbons (Fsp3) is 0.0833. The van der Waals surface area contributed by atoms with E-state index in [-0.39, 0.29) is 5.95 Å². The Morgan fingerprint density at radius 1 is 1.16 bits per heavy atom. The van der Waals surface area contributed by atoms with Crippen LogP contribution in [0, 0.1) is 6.92 Å². The number of nitrogens with two attached hydrogens (primary N) is 1. The molecule has 0 aliphatic carbocycles. The first-order chi connectivity index (χ1) is 9.24. The molecule has 0 bridgehead atoms. The minimum absolute atomic E-state index is 0.159. The van der Waals surface area contributed by atoms with Crippen LogP contribution in [0.4, 0.5) is 5.95 Å². The van der Waals surface area contributed by atoms with Crippen molar-refractivity contribution in [3.63, 3.8) is 0 Å². The smallest absolute Gasteiger partial charge is 0.255 e. The number of nitrogen functional groups attached to an aromatic ring is 1. The molecule has 7 heteroatoms. The Morgan fingerprint density at radius 2 is 2.05 bits per heavy atom. The summed E-state index contributed by atoms with van der Waals surface area (Å²) in [6.07, 6.45) is 6.84. The SMILES string of the molecule is Cc1cnccc1-c1nc(N)nc(-n2cccn2)n1. The molecule has 0 amide bonds. The summed E-state index contributed by atoms with van der Waals surface area (Å²) in [6.45, 7) is 1.94. The Bertz CT molecular complexity index is 706. The van der Waals surface area contributed by atoms with Gasteiger partial charge in [0.25, 0.3) is 5.95 Å². The summed E-state index contributed by atoms with van der Waals surface area (Å²) in [4.78, 5) is 16.7. The third-order valence-electron chi connectivity index (χ3n) is 2.61. The zero-order chi connectivity index (χ0) is 13.2. The highest BCUT2D eigenvalue weighted by Crippen LogP contribution is 2.19. The monoisotopic (exact) mass is 253 g/mol. The number of pyridine rings is 1. The predicted octanol–water partition coefficient (Wildman–Crippen LogP) is 1.01. The van der Waals surface area contributed by atoms with Crippen LogP contribution < -0.4 is 5.73 Å². The lowest BCUT2D eigenvalue weighted by Gasteiger charge is -2.06. The third-order valence-corrected chi connectivity index (χ3v) is 2.61. The number of hydrogen-bond donors (Lipinski definition) is 1. The highest BCUT2D eigenvalue weighted by molar-refractivity contribution is 5.60. The molecular formula is C12H11N7. The van der Waals surface area contributed by atoms with Gasteiger partial charge in [0.05, 0.1) is 0 Å². The number of rotatable bonds is 2. The average Bonchev–Trinajstić information content (AvgIpc) is 2.92. The molecule has 3 heterocycles. The van der Waals surface area contributed by atoms with Crippen LogP contribution >= 0.6 is 0 Å². The fourth-order valence-corrected chi connectivity index (χ4v) is 1.71. The van der Waals surface area contributed by atoms with E-state index in [1.54, 1.807) is 30.9 Å². The van der Waals surface area contributed by atoms with Gasteiger partial charge in [-0.05, 0) is 24.6 Å². The van der Waals surface area contributed by atoms with Gasteiger partial charge in [0, 0.05) is 30.4 Å². The van der Waals surface area contributed by atoms with Crippen molar-refractivity contribution >= 4 is 5.95 Å². The first-order valence-electron chi connectivity index (χ1n) is 5.66. The van der Waals surface area contributed by atoms with Crippen molar-refractivity contribution in [1.82, 2.24) is 29.7 Å². The molecule has 3 aromatic heterocycles. The summed E-state index contributed by atoms with van der Waals surface area (Å²) in [5.41, 5.74) is 7.58. The van der Waals surface area contributed by atoms with Crippen molar-refractivity contribution in [2.24, 2.45) is 0 Å². The maximum absolute atomic E-state index is 5.73. The quantitative estimate of drug-likeness (QED) is 0.732. The van der Waals surface area contributed by atoms with Crippen LogP contribution in [-0.4, -0.2) is 29.7 Å². The van der Waals surface area contributed by atoms with Crippen molar-refractivity contribution in [1.29, 1.82) is 0 Å². The molecule has 19 heavy (non-hydrogen) atoms. The molecule has 7 nitrogen and oxygen atoms in total. The Hall–Kier alpha value is -2.83. The second-order valence-corrected chi connectivity index (χ2v) is 3.96. The predicted molar refractivity (Wildman–Crippen MR) is 69.3 cm³/mol. The Balaban J connectivity index is 2.16. The maximum atomic E-state index is 5.73. The van der Waals surface area contributed by atoms with E-state index >= 15 is 0 Å². The zero-order valence-electron chi connectivity index (χ0n) is 10.2. The molecular weight excluding hydrogens is 242 g/mol. The molecule has 0 fully saturated rings. The molecule has 0 spiro atoms. The standard InChI is InChI=1S/C12H11N7/c1-8-7-14-5-3-9(8)10-16-11(13)18-12(17-10)19-6-2-4-15-19/h2-7H,1H3,(H2,13,16,17,18). The summed E-state index contributed by atoms with van der Waals surface area (Å²) in [6, 6.07) is 3.63. The summed E-state index contributed by atoms with van der Waals surface area (Å²) in [5, 5.41) is 4.08. The largest absolute Gasteiger partial charge is 0.368 e. The molecule has 3 aromatic rings. The molecule has 0 aliphatic heterocycles. The van der Waals surface area contributed by atoms with Crippen molar-refractivity contribution < 1.29 is 0 Å². The van der Waals surface area contributed by atoms with Gasteiger partial charge in [-0.3, -0.25) is 4.98 Å². The van der Waals surface area contributed by atoms with Gasteiger partial charge in [-0.2, -0.15) is 20.1 Å². The normalized spacial score (nSPS) is 10.6. The van der Waals surface area contributed by atoms with Crippen LogP contribution in [0.15, 0.2) is 36.9 Å². The van der Waals surface area contributed by atoms with Gasteiger partial charge < -0.3 is 5.73 Å². The Kier molecular flexibility index (Phi) is 2.64. The van der Waals surface area contributed by atoms with E-state index in [0.29, 0.717) is 11.8 Å². The van der Waals surface area contributed by atoms with Crippen LogP contribution in [-0.2, 0) is 0 Å². The van der Waals surface area contributed by atoms with Crippen molar-refractivity contribution in [2.75, 3.05) is 5.73 Å². The third kappa shape index (κ3) is 2.13. The highest BCUT2D eigenvalue weighted by Gasteiger charge is 2.10. The maximum Gasteiger partial charge on any atom is 0.255 e. The Morgan fingerprint density at radius 3 is 2.79 bits per heavy atom. The van der Waals surface area contributed by atoms with Gasteiger partial charge in [-0.25, -0.2) is 4.68 Å². The molecule has 0 saturated heterocycles. The van der Waals surface area contributed by atoms with Crippen LogP contribution in [0.5, 0.6) is 0 Å². The van der Waals surface area contributed by atoms with Gasteiger partial charge in [0.1, 0.15) is 0 Å². The number of nitrogens with zero attached hydrogens (tertiary/aromatic N) is 6. The van der Waals surface area contributed by atoms with E-state index in [0.717, 1.165) is 11.1 Å². The van der Waals surface area contributed by atoms with E-state index in [1.807, 2.05) is 13.0 Å². The van der Waals surface area contributed by atoms with Crippen molar-refractivity contribution in [2.45, 2.75) is 6.92 Å². The number of hydrogen-bond acceptors (Lipinski definition) is 6. The first-order valence-corrected chi connectivity index (χ1v) is 5.66. The molecule has 2 N–H and O–H groups in total.